The fraction of sp³-hybridized carbons (Fsp3) is 0.192. The molecular weight excluding hydrogens is 734 g/mol. The Bertz CT molecular complexity index is 2910. The summed E-state index contributed by atoms with van der Waals surface area (Å²) in [5.74, 6) is 1.71. The van der Waals surface area contributed by atoms with E-state index in [0.29, 0.717) is 0 Å². The van der Waals surface area contributed by atoms with Gasteiger partial charge in [-0.25, -0.2) is 0 Å². The predicted molar refractivity (Wildman–Crippen MR) is 249 cm³/mol. The molecule has 0 fully saturated rings. The summed E-state index contributed by atoms with van der Waals surface area (Å²) < 4.78 is 12.1. The Labute approximate surface area is 352 Å². The minimum Gasteiger partial charge on any atom is -0.497 e. The van der Waals surface area contributed by atoms with Crippen molar-refractivity contribution in [2.24, 2.45) is 0 Å². The zero-order chi connectivity index (χ0) is 40.7. The summed E-state index contributed by atoms with van der Waals surface area (Å²) in [4.78, 5) is 10.8. The molecule has 7 aromatic carbocycles. The van der Waals surface area contributed by atoms with Crippen LogP contribution in [0.2, 0.25) is 0 Å². The van der Waals surface area contributed by atoms with Crippen LogP contribution in [0.5, 0.6) is 11.5 Å². The van der Waals surface area contributed by atoms with E-state index in [2.05, 4.69) is 182 Å². The van der Waals surface area contributed by atoms with Crippen molar-refractivity contribution >= 4 is 70.4 Å². The van der Waals surface area contributed by atoms with Crippen LogP contribution in [0.15, 0.2) is 121 Å². The van der Waals surface area contributed by atoms with Crippen LogP contribution < -0.4 is 39.6 Å². The second-order valence-corrected chi connectivity index (χ2v) is 18.6. The van der Waals surface area contributed by atoms with Crippen molar-refractivity contribution in [3.63, 3.8) is 0 Å². The number of anilines is 8. The molecule has 0 bridgehead atoms. The summed E-state index contributed by atoms with van der Waals surface area (Å²) in [7, 11) is 3.57. The van der Waals surface area contributed by atoms with Crippen LogP contribution in [0.1, 0.15) is 61.1 Å². The van der Waals surface area contributed by atoms with E-state index >= 15 is 0 Å². The molecule has 8 heteroatoms. The average molecular weight is 779 g/mol. The monoisotopic (exact) mass is 778 g/mol. The highest BCUT2D eigenvalue weighted by Gasteiger charge is 2.62. The number of methoxy groups -OCH3 is 2. The molecule has 6 aliphatic heterocycles. The zero-order valence-corrected chi connectivity index (χ0v) is 35.3. The summed E-state index contributed by atoms with van der Waals surface area (Å²) in [5.41, 5.74) is 24.8. The number of aryl methyl sites for hydroxylation is 2. The third kappa shape index (κ3) is 3.89. The number of hydrogen-bond acceptors (Lipinski definition) is 6. The quantitative estimate of drug-likeness (QED) is 0.163. The van der Waals surface area contributed by atoms with Crippen LogP contribution >= 0.6 is 0 Å². The van der Waals surface area contributed by atoms with Crippen molar-refractivity contribution in [1.29, 1.82) is 0 Å². The maximum Gasteiger partial charge on any atom is 0.421 e. The third-order valence-corrected chi connectivity index (χ3v) is 14.7. The van der Waals surface area contributed by atoms with Crippen LogP contribution in [0, 0.1) is 13.8 Å². The second-order valence-electron chi connectivity index (χ2n) is 18.6. The summed E-state index contributed by atoms with van der Waals surface area (Å²) in [6, 6.07) is 45.7. The minimum absolute atomic E-state index is 0.126. The van der Waals surface area contributed by atoms with Crippen molar-refractivity contribution in [3.05, 3.63) is 155 Å². The van der Waals surface area contributed by atoms with Crippen molar-refractivity contribution in [2.75, 3.05) is 33.5 Å². The zero-order valence-electron chi connectivity index (χ0n) is 35.3. The van der Waals surface area contributed by atoms with Gasteiger partial charge in [-0.05, 0) is 83.4 Å². The molecule has 0 amide bonds. The molecular formula is C52H44B2N4O2. The van der Waals surface area contributed by atoms with Gasteiger partial charge in [0.25, 0.3) is 0 Å². The Morgan fingerprint density at radius 2 is 0.800 bits per heavy atom. The highest BCUT2D eigenvalue weighted by Crippen LogP contribution is 2.71. The summed E-state index contributed by atoms with van der Waals surface area (Å²) in [6.07, 6.45) is 0. The van der Waals surface area contributed by atoms with Gasteiger partial charge in [-0.3, -0.25) is 0 Å². The number of ether oxygens (including phenoxy) is 2. The molecule has 0 saturated heterocycles. The van der Waals surface area contributed by atoms with Gasteiger partial charge < -0.3 is 28.7 Å². The Morgan fingerprint density at radius 1 is 0.417 bits per heavy atom. The van der Waals surface area contributed by atoms with Gasteiger partial charge >= 0.3 is 14.0 Å². The van der Waals surface area contributed by atoms with Crippen LogP contribution in [-0.2, 0) is 10.8 Å². The van der Waals surface area contributed by atoms with E-state index in [1.165, 1.54) is 112 Å². The van der Waals surface area contributed by atoms with Gasteiger partial charge in [0.05, 0.1) is 37.0 Å². The number of benzene rings is 7. The molecule has 0 spiro atoms. The normalized spacial score (nSPS) is 16.7. The molecule has 7 aromatic rings. The molecule has 6 aliphatic rings. The number of hydrogen-bond donors (Lipinski definition) is 0. The molecule has 0 aliphatic carbocycles. The SMILES string of the molecule is COc1ccc2c(c1)N1B(c3ccccc3-2)N2c3ccc(C)cc3C(C)(C)c3c4c5c(c1c32)C(C)(C)c1cc(C)ccc1N5B1c2ccccc2-c2ccc(OC)cc2N14. The molecule has 6 nitrogen and oxygen atoms in total. The molecule has 0 N–H and O–H groups in total. The van der Waals surface area contributed by atoms with Gasteiger partial charge in [0.2, 0.25) is 0 Å². The predicted octanol–water partition coefficient (Wildman–Crippen LogP) is 10.9. The summed E-state index contributed by atoms with van der Waals surface area (Å²) >= 11 is 0. The van der Waals surface area contributed by atoms with Gasteiger partial charge in [-0.15, -0.1) is 0 Å². The molecule has 0 atom stereocenters. The lowest BCUT2D eigenvalue weighted by atomic mass is 9.57. The standard InChI is InChI=1S/C52H44B2N4O2/c1-29-17-23-41-37(25-29)51(3,4)45-47-50(58-44-28-32(60-8)19-21-35(44)33-13-9-11-15-39(33)53(58)55(41)47)46-48-49(45)57-43-27-31(59-7)20-22-36(43)34-14-10-12-16-40(34)54(57)56(48)42-24-18-30(2)26-38(42)52(46,5)6/h9-28H,1-8H3. The van der Waals surface area contributed by atoms with Crippen LogP contribution in [0.3, 0.4) is 0 Å². The number of fused-ring (bicyclic) bond motifs is 22. The molecule has 60 heavy (non-hydrogen) atoms. The maximum absolute atomic E-state index is 6.04. The lowest BCUT2D eigenvalue weighted by Gasteiger charge is -2.46. The van der Waals surface area contributed by atoms with Crippen molar-refractivity contribution in [1.82, 2.24) is 0 Å². The first kappa shape index (κ1) is 34.3. The smallest absolute Gasteiger partial charge is 0.421 e. The van der Waals surface area contributed by atoms with Gasteiger partial charge in [0.15, 0.2) is 0 Å². The van der Waals surface area contributed by atoms with Gasteiger partial charge in [-0.2, -0.15) is 0 Å². The van der Waals surface area contributed by atoms with Crippen LogP contribution in [-0.4, -0.2) is 28.2 Å². The molecule has 0 saturated carbocycles. The van der Waals surface area contributed by atoms with E-state index in [0.717, 1.165) is 11.5 Å². The van der Waals surface area contributed by atoms with Gasteiger partial charge in [0, 0.05) is 68.0 Å². The van der Waals surface area contributed by atoms with E-state index in [1.807, 2.05) is 0 Å². The fourth-order valence-corrected chi connectivity index (χ4v) is 12.2. The molecule has 0 aromatic heterocycles. The number of rotatable bonds is 2. The van der Waals surface area contributed by atoms with Crippen LogP contribution in [0.4, 0.5) is 45.5 Å². The molecule has 13 rings (SSSR count). The van der Waals surface area contributed by atoms with E-state index in [1.54, 1.807) is 14.2 Å². The van der Waals surface area contributed by atoms with Gasteiger partial charge in [0.1, 0.15) is 11.5 Å². The fourth-order valence-electron chi connectivity index (χ4n) is 12.2. The Kier molecular flexibility index (Phi) is 6.40. The van der Waals surface area contributed by atoms with Crippen molar-refractivity contribution in [2.45, 2.75) is 52.4 Å². The lowest BCUT2D eigenvalue weighted by Crippen LogP contribution is -2.58. The van der Waals surface area contributed by atoms with E-state index in [9.17, 15) is 0 Å². The van der Waals surface area contributed by atoms with Gasteiger partial charge in [-0.1, -0.05) is 112 Å². The Hall–Kier alpha value is -6.53. The van der Waals surface area contributed by atoms with E-state index in [4.69, 9.17) is 9.47 Å². The molecule has 0 radical (unpaired) electrons. The Morgan fingerprint density at radius 3 is 1.20 bits per heavy atom. The first-order valence-corrected chi connectivity index (χ1v) is 21.2. The average Bonchev–Trinajstić information content (AvgIpc) is 3.79. The van der Waals surface area contributed by atoms with E-state index in [-0.39, 0.29) is 24.8 Å². The minimum atomic E-state index is -0.383. The summed E-state index contributed by atoms with van der Waals surface area (Å²) in [5, 5.41) is 0. The maximum atomic E-state index is 6.04. The van der Waals surface area contributed by atoms with Crippen LogP contribution in [0.25, 0.3) is 22.3 Å². The number of nitrogens with zero attached hydrogens (tertiary/aromatic N) is 4. The topological polar surface area (TPSA) is 31.4 Å². The van der Waals surface area contributed by atoms with Crippen molar-refractivity contribution < 1.29 is 9.47 Å². The molecule has 0 unspecified atom stereocenters. The molecule has 290 valence electrons. The summed E-state index contributed by atoms with van der Waals surface area (Å²) in [6.45, 7) is 14.1. The Balaban J connectivity index is 1.26. The largest absolute Gasteiger partial charge is 0.497 e. The van der Waals surface area contributed by atoms with E-state index < -0.39 is 0 Å². The highest BCUT2D eigenvalue weighted by molar-refractivity contribution is 6.88. The van der Waals surface area contributed by atoms with Crippen molar-refractivity contribution in [3.8, 4) is 33.8 Å². The molecule has 6 heterocycles. The first-order valence-electron chi connectivity index (χ1n) is 21.2. The third-order valence-electron chi connectivity index (χ3n) is 14.7. The first-order chi connectivity index (χ1) is 29.0. The highest BCUT2D eigenvalue weighted by atomic mass is 16.5. The lowest BCUT2D eigenvalue weighted by molar-refractivity contribution is 0.415. The second kappa shape index (κ2) is 11.2.